The molecule has 30 heavy (non-hydrogen) atoms. The summed E-state index contributed by atoms with van der Waals surface area (Å²) in [6.45, 7) is 7.21. The van der Waals surface area contributed by atoms with Crippen LogP contribution in [0.15, 0.2) is 54.6 Å². The van der Waals surface area contributed by atoms with Crippen molar-refractivity contribution in [3.05, 3.63) is 54.6 Å². The number of ether oxygens (including phenoxy) is 1. The number of anilines is 1. The van der Waals surface area contributed by atoms with E-state index in [0.717, 1.165) is 37.4 Å². The van der Waals surface area contributed by atoms with E-state index >= 15 is 0 Å². The number of hydrogen-bond acceptors (Lipinski definition) is 4. The van der Waals surface area contributed by atoms with Gasteiger partial charge in [-0.05, 0) is 56.2 Å². The zero-order chi connectivity index (χ0) is 21.5. The van der Waals surface area contributed by atoms with Crippen LogP contribution in [0.2, 0.25) is 0 Å². The third-order valence-corrected chi connectivity index (χ3v) is 5.28. The normalized spacial score (nSPS) is 15.7. The second kappa shape index (κ2) is 10.3. The van der Waals surface area contributed by atoms with E-state index in [1.165, 1.54) is 0 Å². The fourth-order valence-corrected chi connectivity index (χ4v) is 3.54. The van der Waals surface area contributed by atoms with E-state index in [1.54, 1.807) is 0 Å². The molecule has 0 spiro atoms. The lowest BCUT2D eigenvalue weighted by molar-refractivity contribution is -0.135. The first-order chi connectivity index (χ1) is 14.4. The molecule has 1 fully saturated rings. The molecule has 0 radical (unpaired) electrons. The monoisotopic (exact) mass is 409 g/mol. The number of hydrogen-bond donors (Lipinski definition) is 2. The molecule has 1 heterocycles. The van der Waals surface area contributed by atoms with E-state index in [4.69, 9.17) is 4.74 Å². The van der Waals surface area contributed by atoms with E-state index in [2.05, 4.69) is 10.6 Å². The van der Waals surface area contributed by atoms with Crippen LogP contribution in [0.3, 0.4) is 0 Å². The number of benzene rings is 2. The van der Waals surface area contributed by atoms with Crippen molar-refractivity contribution in [1.29, 1.82) is 0 Å². The Labute approximate surface area is 178 Å². The topological polar surface area (TPSA) is 70.7 Å². The van der Waals surface area contributed by atoms with Gasteiger partial charge in [-0.2, -0.15) is 0 Å². The average molecular weight is 410 g/mol. The van der Waals surface area contributed by atoms with Crippen molar-refractivity contribution in [1.82, 2.24) is 10.2 Å². The van der Waals surface area contributed by atoms with Gasteiger partial charge in [0, 0.05) is 30.7 Å². The second-order valence-electron chi connectivity index (χ2n) is 8.07. The summed E-state index contributed by atoms with van der Waals surface area (Å²) < 4.78 is 5.77. The maximum atomic E-state index is 12.6. The number of carbonyl (C=O) groups excluding carboxylic acids is 2. The van der Waals surface area contributed by atoms with E-state index in [0.29, 0.717) is 5.75 Å². The van der Waals surface area contributed by atoms with Crippen molar-refractivity contribution in [2.24, 2.45) is 5.92 Å². The average Bonchev–Trinajstić information content (AvgIpc) is 2.75. The lowest BCUT2D eigenvalue weighted by Gasteiger charge is -2.34. The molecule has 0 saturated carbocycles. The van der Waals surface area contributed by atoms with Crippen LogP contribution in [0.25, 0.3) is 0 Å². The van der Waals surface area contributed by atoms with Gasteiger partial charge in [0.05, 0.1) is 6.04 Å². The fourth-order valence-electron chi connectivity index (χ4n) is 3.54. The highest BCUT2D eigenvalue weighted by atomic mass is 16.5. The van der Waals surface area contributed by atoms with E-state index in [9.17, 15) is 9.59 Å². The number of para-hydroxylation sites is 1. The van der Waals surface area contributed by atoms with Crippen LogP contribution >= 0.6 is 0 Å². The van der Waals surface area contributed by atoms with Gasteiger partial charge < -0.3 is 20.3 Å². The number of amides is 2. The quantitative estimate of drug-likeness (QED) is 0.724. The van der Waals surface area contributed by atoms with Crippen LogP contribution in [0.5, 0.6) is 11.5 Å². The summed E-state index contributed by atoms with van der Waals surface area (Å²) in [6, 6.07) is 16.8. The van der Waals surface area contributed by atoms with Gasteiger partial charge in [-0.15, -0.1) is 0 Å². The Balaban J connectivity index is 1.45. The van der Waals surface area contributed by atoms with Crippen LogP contribution in [0, 0.1) is 5.92 Å². The van der Waals surface area contributed by atoms with Gasteiger partial charge in [0.1, 0.15) is 11.5 Å². The molecular weight excluding hydrogens is 378 g/mol. The Morgan fingerprint density at radius 1 is 0.933 bits per heavy atom. The first-order valence-electron chi connectivity index (χ1n) is 10.6. The molecule has 1 unspecified atom stereocenters. The summed E-state index contributed by atoms with van der Waals surface area (Å²) >= 11 is 0. The fraction of sp³-hybridized carbons (Fsp3) is 0.417. The van der Waals surface area contributed by atoms with E-state index < -0.39 is 0 Å². The highest BCUT2D eigenvalue weighted by molar-refractivity contribution is 5.94. The zero-order valence-corrected chi connectivity index (χ0v) is 17.9. The molecule has 1 atom stereocenters. The SMILES string of the molecule is CC(C)C(=O)N1CCC(NC(C)C(=O)Nc2ccc(Oc3ccccc3)cc2)CC1. The van der Waals surface area contributed by atoms with Crippen molar-refractivity contribution in [2.75, 3.05) is 18.4 Å². The van der Waals surface area contributed by atoms with E-state index in [1.807, 2.05) is 80.3 Å². The number of carbonyl (C=O) groups is 2. The van der Waals surface area contributed by atoms with Crippen LogP contribution in [0.4, 0.5) is 5.69 Å². The summed E-state index contributed by atoms with van der Waals surface area (Å²) in [7, 11) is 0. The lowest BCUT2D eigenvalue weighted by atomic mass is 10.0. The van der Waals surface area contributed by atoms with Crippen LogP contribution in [0.1, 0.15) is 33.6 Å². The highest BCUT2D eigenvalue weighted by Crippen LogP contribution is 2.22. The van der Waals surface area contributed by atoms with Gasteiger partial charge in [-0.1, -0.05) is 32.0 Å². The van der Waals surface area contributed by atoms with Crippen molar-refractivity contribution in [2.45, 2.75) is 45.7 Å². The largest absolute Gasteiger partial charge is 0.457 e. The second-order valence-corrected chi connectivity index (χ2v) is 8.07. The molecule has 0 aromatic heterocycles. The zero-order valence-electron chi connectivity index (χ0n) is 17.9. The van der Waals surface area contributed by atoms with Crippen molar-refractivity contribution in [3.63, 3.8) is 0 Å². The molecule has 1 aliphatic rings. The maximum Gasteiger partial charge on any atom is 0.241 e. The molecule has 2 aromatic rings. The van der Waals surface area contributed by atoms with Gasteiger partial charge in [-0.25, -0.2) is 0 Å². The van der Waals surface area contributed by atoms with Crippen molar-refractivity contribution < 1.29 is 14.3 Å². The van der Waals surface area contributed by atoms with Gasteiger partial charge in [0.25, 0.3) is 0 Å². The molecule has 6 nitrogen and oxygen atoms in total. The minimum atomic E-state index is -0.317. The summed E-state index contributed by atoms with van der Waals surface area (Å²) in [5.41, 5.74) is 0.728. The highest BCUT2D eigenvalue weighted by Gasteiger charge is 2.26. The molecule has 1 saturated heterocycles. The summed E-state index contributed by atoms with van der Waals surface area (Å²) in [5, 5.41) is 6.34. The third-order valence-electron chi connectivity index (χ3n) is 5.28. The predicted octanol–water partition coefficient (Wildman–Crippen LogP) is 4.04. The Morgan fingerprint density at radius 3 is 2.13 bits per heavy atom. The summed E-state index contributed by atoms with van der Waals surface area (Å²) in [4.78, 5) is 26.6. The maximum absolute atomic E-state index is 12.6. The molecule has 3 rings (SSSR count). The minimum absolute atomic E-state index is 0.0312. The molecule has 0 bridgehead atoms. The van der Waals surface area contributed by atoms with Crippen molar-refractivity contribution >= 4 is 17.5 Å². The summed E-state index contributed by atoms with van der Waals surface area (Å²) in [5.74, 6) is 1.65. The molecule has 160 valence electrons. The Hall–Kier alpha value is -2.86. The standard InChI is InChI=1S/C24H31N3O3/c1-17(2)24(29)27-15-13-20(14-16-27)25-18(3)23(28)26-19-9-11-22(12-10-19)30-21-7-5-4-6-8-21/h4-12,17-18,20,25H,13-16H2,1-3H3,(H,26,28). The molecular formula is C24H31N3O3. The van der Waals surface area contributed by atoms with Gasteiger partial charge >= 0.3 is 0 Å². The van der Waals surface area contributed by atoms with Crippen LogP contribution in [-0.4, -0.2) is 41.9 Å². The predicted molar refractivity (Wildman–Crippen MR) is 119 cm³/mol. The number of piperidine rings is 1. The molecule has 1 aliphatic heterocycles. The molecule has 2 amide bonds. The Kier molecular flexibility index (Phi) is 7.46. The lowest BCUT2D eigenvalue weighted by Crippen LogP contribution is -2.50. The van der Waals surface area contributed by atoms with Crippen molar-refractivity contribution in [3.8, 4) is 11.5 Å². The van der Waals surface area contributed by atoms with Gasteiger partial charge in [0.2, 0.25) is 11.8 Å². The van der Waals surface area contributed by atoms with E-state index in [-0.39, 0.29) is 29.8 Å². The molecule has 0 aliphatic carbocycles. The van der Waals surface area contributed by atoms with Crippen LogP contribution < -0.4 is 15.4 Å². The summed E-state index contributed by atoms with van der Waals surface area (Å²) in [6.07, 6.45) is 1.73. The number of rotatable bonds is 7. The molecule has 2 aromatic carbocycles. The minimum Gasteiger partial charge on any atom is -0.457 e. The molecule has 2 N–H and O–H groups in total. The number of nitrogens with zero attached hydrogens (tertiary/aromatic N) is 1. The van der Waals surface area contributed by atoms with Gasteiger partial charge in [0.15, 0.2) is 0 Å². The Morgan fingerprint density at radius 2 is 1.53 bits per heavy atom. The smallest absolute Gasteiger partial charge is 0.241 e. The van der Waals surface area contributed by atoms with Crippen LogP contribution in [-0.2, 0) is 9.59 Å². The first kappa shape index (κ1) is 21.8. The number of likely N-dealkylation sites (tertiary alicyclic amines) is 1. The Bertz CT molecular complexity index is 829. The number of nitrogens with one attached hydrogen (secondary N) is 2. The molecule has 6 heteroatoms. The third kappa shape index (κ3) is 6.07. The first-order valence-corrected chi connectivity index (χ1v) is 10.6. The van der Waals surface area contributed by atoms with Gasteiger partial charge in [-0.3, -0.25) is 9.59 Å².